The number of pyridine rings is 1. The van der Waals surface area contributed by atoms with Crippen LogP contribution in [0.25, 0.3) is 0 Å². The molecule has 0 bridgehead atoms. The zero-order chi connectivity index (χ0) is 14.4. The van der Waals surface area contributed by atoms with E-state index in [2.05, 4.69) is 35.2 Å². The third-order valence-corrected chi connectivity index (χ3v) is 4.03. The first-order valence-electron chi connectivity index (χ1n) is 7.70. The number of nitrogens with zero attached hydrogens (tertiary/aromatic N) is 2. The van der Waals surface area contributed by atoms with Crippen LogP contribution in [0.2, 0.25) is 0 Å². The van der Waals surface area contributed by atoms with Crippen LogP contribution in [0.1, 0.15) is 37.4 Å². The Kier molecular flexibility index (Phi) is 5.80. The van der Waals surface area contributed by atoms with Crippen molar-refractivity contribution >= 4 is 0 Å². The highest BCUT2D eigenvalue weighted by Crippen LogP contribution is 2.19. The molecule has 1 unspecified atom stereocenters. The molecule has 0 saturated carbocycles. The van der Waals surface area contributed by atoms with Crippen LogP contribution >= 0.6 is 0 Å². The summed E-state index contributed by atoms with van der Waals surface area (Å²) in [6, 6.07) is 4.88. The van der Waals surface area contributed by atoms with Crippen LogP contribution < -0.4 is 10.1 Å². The molecule has 1 aliphatic heterocycles. The number of hydrogen-bond acceptors (Lipinski definition) is 4. The molecule has 1 aromatic rings. The molecule has 4 heteroatoms. The molecule has 0 amide bonds. The minimum Gasteiger partial charge on any atom is -0.478 e. The molecule has 1 atom stereocenters. The first-order valence-corrected chi connectivity index (χ1v) is 7.70. The van der Waals surface area contributed by atoms with Gasteiger partial charge < -0.3 is 15.0 Å². The molecule has 0 aliphatic carbocycles. The Balaban J connectivity index is 1.89. The van der Waals surface area contributed by atoms with Crippen LogP contribution in [0.5, 0.6) is 5.88 Å². The van der Waals surface area contributed by atoms with Crippen LogP contribution in [0.15, 0.2) is 12.1 Å². The highest BCUT2D eigenvalue weighted by Gasteiger charge is 2.20. The van der Waals surface area contributed by atoms with Gasteiger partial charge in [-0.15, -0.1) is 0 Å². The Bertz CT molecular complexity index is 422. The van der Waals surface area contributed by atoms with Gasteiger partial charge in [-0.25, -0.2) is 4.98 Å². The van der Waals surface area contributed by atoms with E-state index < -0.39 is 0 Å². The number of rotatable bonds is 7. The largest absolute Gasteiger partial charge is 0.478 e. The van der Waals surface area contributed by atoms with Crippen LogP contribution in [0, 0.1) is 0 Å². The Morgan fingerprint density at radius 3 is 2.95 bits per heavy atom. The predicted octanol–water partition coefficient (Wildman–Crippen LogP) is 2.23. The molecule has 0 spiro atoms. The average Bonchev–Trinajstić information content (AvgIpc) is 2.84. The molecule has 1 saturated heterocycles. The molecular formula is C16H27N3O. The number of aromatic nitrogens is 1. The topological polar surface area (TPSA) is 37.4 Å². The van der Waals surface area contributed by atoms with Gasteiger partial charge in [-0.05, 0) is 58.0 Å². The van der Waals surface area contributed by atoms with Crippen LogP contribution in [-0.4, -0.2) is 43.2 Å². The molecule has 1 fully saturated rings. The van der Waals surface area contributed by atoms with Crippen molar-refractivity contribution < 1.29 is 4.74 Å². The fourth-order valence-corrected chi connectivity index (χ4v) is 2.83. The Morgan fingerprint density at radius 2 is 2.30 bits per heavy atom. The SMILES string of the molecule is CCc1cc(CNC)cc(OCCC2CCCN2C)n1. The van der Waals surface area contributed by atoms with Crippen molar-refractivity contribution in [1.82, 2.24) is 15.2 Å². The monoisotopic (exact) mass is 277 g/mol. The second kappa shape index (κ2) is 7.60. The van der Waals surface area contributed by atoms with Crippen molar-refractivity contribution in [2.24, 2.45) is 0 Å². The summed E-state index contributed by atoms with van der Waals surface area (Å²) in [6.07, 6.45) is 4.65. The summed E-state index contributed by atoms with van der Waals surface area (Å²) in [5, 5.41) is 3.18. The third kappa shape index (κ3) is 4.18. The van der Waals surface area contributed by atoms with E-state index in [1.165, 1.54) is 24.9 Å². The van der Waals surface area contributed by atoms with Gasteiger partial charge in [0.1, 0.15) is 0 Å². The highest BCUT2D eigenvalue weighted by molar-refractivity contribution is 5.25. The molecule has 1 N–H and O–H groups in total. The third-order valence-electron chi connectivity index (χ3n) is 4.03. The van der Waals surface area contributed by atoms with E-state index in [0.717, 1.165) is 37.6 Å². The van der Waals surface area contributed by atoms with E-state index in [1.54, 1.807) is 0 Å². The lowest BCUT2D eigenvalue weighted by Crippen LogP contribution is -2.26. The van der Waals surface area contributed by atoms with Crippen molar-refractivity contribution in [3.63, 3.8) is 0 Å². The van der Waals surface area contributed by atoms with Gasteiger partial charge in [0.05, 0.1) is 6.61 Å². The van der Waals surface area contributed by atoms with E-state index in [4.69, 9.17) is 4.74 Å². The van der Waals surface area contributed by atoms with Gasteiger partial charge in [0, 0.05) is 24.3 Å². The van der Waals surface area contributed by atoms with Gasteiger partial charge in [-0.3, -0.25) is 0 Å². The fourth-order valence-electron chi connectivity index (χ4n) is 2.83. The summed E-state index contributed by atoms with van der Waals surface area (Å²) in [6.45, 7) is 4.97. The van der Waals surface area contributed by atoms with Gasteiger partial charge in [-0.2, -0.15) is 0 Å². The second-order valence-corrected chi connectivity index (χ2v) is 5.60. The van der Waals surface area contributed by atoms with Gasteiger partial charge in [0.15, 0.2) is 0 Å². The molecule has 0 radical (unpaired) electrons. The summed E-state index contributed by atoms with van der Waals surface area (Å²) in [7, 11) is 4.17. The zero-order valence-corrected chi connectivity index (χ0v) is 13.0. The van der Waals surface area contributed by atoms with Gasteiger partial charge >= 0.3 is 0 Å². The van der Waals surface area contributed by atoms with E-state index in [9.17, 15) is 0 Å². The van der Waals surface area contributed by atoms with Crippen molar-refractivity contribution in [2.75, 3.05) is 27.2 Å². The lowest BCUT2D eigenvalue weighted by atomic mass is 10.1. The van der Waals surface area contributed by atoms with Crippen molar-refractivity contribution in [3.8, 4) is 5.88 Å². The molecule has 1 aliphatic rings. The lowest BCUT2D eigenvalue weighted by Gasteiger charge is -2.19. The molecule has 4 nitrogen and oxygen atoms in total. The fraction of sp³-hybridized carbons (Fsp3) is 0.688. The normalized spacial score (nSPS) is 19.4. The Labute approximate surface area is 122 Å². The average molecular weight is 277 g/mol. The molecule has 2 rings (SSSR count). The van der Waals surface area contributed by atoms with E-state index >= 15 is 0 Å². The number of aryl methyl sites for hydroxylation is 1. The smallest absolute Gasteiger partial charge is 0.213 e. The first-order chi connectivity index (χ1) is 9.72. The standard InChI is InChI=1S/C16H27N3O/c1-4-14-10-13(12-17-2)11-16(18-14)20-9-7-15-6-5-8-19(15)3/h10-11,15,17H,4-9,12H2,1-3H3. The molecule has 1 aromatic heterocycles. The van der Waals surface area contributed by atoms with E-state index in [1.807, 2.05) is 13.1 Å². The summed E-state index contributed by atoms with van der Waals surface area (Å²) < 4.78 is 5.88. The summed E-state index contributed by atoms with van der Waals surface area (Å²) in [5.41, 5.74) is 2.35. The quantitative estimate of drug-likeness (QED) is 0.829. The highest BCUT2D eigenvalue weighted by atomic mass is 16.5. The minimum atomic E-state index is 0.682. The van der Waals surface area contributed by atoms with Crippen molar-refractivity contribution in [3.05, 3.63) is 23.4 Å². The second-order valence-electron chi connectivity index (χ2n) is 5.60. The number of hydrogen-bond donors (Lipinski definition) is 1. The summed E-state index contributed by atoms with van der Waals surface area (Å²) in [4.78, 5) is 6.99. The van der Waals surface area contributed by atoms with Crippen molar-refractivity contribution in [2.45, 2.75) is 45.2 Å². The Morgan fingerprint density at radius 1 is 1.45 bits per heavy atom. The van der Waals surface area contributed by atoms with Crippen LogP contribution in [0.4, 0.5) is 0 Å². The molecular weight excluding hydrogens is 250 g/mol. The van der Waals surface area contributed by atoms with E-state index in [-0.39, 0.29) is 0 Å². The van der Waals surface area contributed by atoms with Crippen LogP contribution in [0.3, 0.4) is 0 Å². The summed E-state index contributed by atoms with van der Waals surface area (Å²) in [5.74, 6) is 0.773. The maximum absolute atomic E-state index is 5.88. The zero-order valence-electron chi connectivity index (χ0n) is 13.0. The molecule has 0 aromatic carbocycles. The van der Waals surface area contributed by atoms with Crippen LogP contribution in [-0.2, 0) is 13.0 Å². The number of nitrogens with one attached hydrogen (secondary N) is 1. The van der Waals surface area contributed by atoms with Gasteiger partial charge in [0.25, 0.3) is 0 Å². The molecule has 112 valence electrons. The number of likely N-dealkylation sites (tertiary alicyclic amines) is 1. The van der Waals surface area contributed by atoms with Gasteiger partial charge in [-0.1, -0.05) is 6.92 Å². The summed E-state index contributed by atoms with van der Waals surface area (Å²) >= 11 is 0. The lowest BCUT2D eigenvalue weighted by molar-refractivity contribution is 0.228. The maximum Gasteiger partial charge on any atom is 0.213 e. The minimum absolute atomic E-state index is 0.682. The molecule has 2 heterocycles. The van der Waals surface area contributed by atoms with E-state index in [0.29, 0.717) is 6.04 Å². The number of ether oxygens (including phenoxy) is 1. The predicted molar refractivity (Wildman–Crippen MR) is 82.1 cm³/mol. The van der Waals surface area contributed by atoms with Gasteiger partial charge in [0.2, 0.25) is 5.88 Å². The molecule has 20 heavy (non-hydrogen) atoms. The first kappa shape index (κ1) is 15.3. The van der Waals surface area contributed by atoms with Crippen molar-refractivity contribution in [1.29, 1.82) is 0 Å². The maximum atomic E-state index is 5.88. The Hall–Kier alpha value is -1.13.